The summed E-state index contributed by atoms with van der Waals surface area (Å²) in [6.07, 6.45) is 8.72. The molecule has 1 unspecified atom stereocenters. The molecule has 0 fully saturated rings. The quantitative estimate of drug-likeness (QED) is 0.838. The number of amides is 1. The van der Waals surface area contributed by atoms with E-state index in [1.54, 1.807) is 6.20 Å². The maximum Gasteiger partial charge on any atom is 0.227 e. The maximum absolute atomic E-state index is 12.2. The first-order valence-electron chi connectivity index (χ1n) is 6.88. The number of aromatic amines is 1. The second-order valence-electron chi connectivity index (χ2n) is 5.02. The lowest BCUT2D eigenvalue weighted by Crippen LogP contribution is -2.23. The Morgan fingerprint density at radius 1 is 1.30 bits per heavy atom. The van der Waals surface area contributed by atoms with Gasteiger partial charge < -0.3 is 5.32 Å². The Labute approximate surface area is 117 Å². The fourth-order valence-corrected chi connectivity index (χ4v) is 2.46. The third kappa shape index (κ3) is 2.79. The number of anilines is 1. The number of carbonyl (C=O) groups is 1. The molecule has 4 heteroatoms. The summed E-state index contributed by atoms with van der Waals surface area (Å²) in [5.41, 5.74) is 2.79. The molecule has 0 radical (unpaired) electrons. The molecule has 0 saturated carbocycles. The molecule has 20 heavy (non-hydrogen) atoms. The Morgan fingerprint density at radius 2 is 2.25 bits per heavy atom. The van der Waals surface area contributed by atoms with Gasteiger partial charge >= 0.3 is 0 Å². The number of H-pyrrole nitrogens is 1. The molecule has 1 amide bonds. The van der Waals surface area contributed by atoms with Crippen LogP contribution in [-0.2, 0) is 4.79 Å². The Hall–Kier alpha value is -2.36. The van der Waals surface area contributed by atoms with Crippen molar-refractivity contribution in [3.63, 3.8) is 0 Å². The fraction of sp³-hybridized carbons (Fsp3) is 0.250. The summed E-state index contributed by atoms with van der Waals surface area (Å²) >= 11 is 0. The summed E-state index contributed by atoms with van der Waals surface area (Å²) in [5, 5.41) is 9.88. The van der Waals surface area contributed by atoms with Gasteiger partial charge in [0, 0.05) is 23.4 Å². The molecular weight excluding hydrogens is 250 g/mol. The van der Waals surface area contributed by atoms with Crippen LogP contribution in [0.1, 0.15) is 19.3 Å². The van der Waals surface area contributed by atoms with E-state index in [1.807, 2.05) is 30.3 Å². The molecule has 1 aromatic carbocycles. The zero-order valence-electron chi connectivity index (χ0n) is 11.2. The van der Waals surface area contributed by atoms with Crippen molar-refractivity contribution < 1.29 is 4.79 Å². The van der Waals surface area contributed by atoms with Gasteiger partial charge in [-0.15, -0.1) is 0 Å². The van der Waals surface area contributed by atoms with E-state index >= 15 is 0 Å². The summed E-state index contributed by atoms with van der Waals surface area (Å²) in [5.74, 6) is 0.201. The summed E-state index contributed by atoms with van der Waals surface area (Å²) in [4.78, 5) is 12.2. The number of allylic oxidation sites excluding steroid dienone is 2. The van der Waals surface area contributed by atoms with Gasteiger partial charge in [0.15, 0.2) is 0 Å². The predicted molar refractivity (Wildman–Crippen MR) is 79.1 cm³/mol. The number of carbonyl (C=O) groups excluding carboxylic acids is 1. The summed E-state index contributed by atoms with van der Waals surface area (Å²) in [6.45, 7) is 0. The Morgan fingerprint density at radius 3 is 3.00 bits per heavy atom. The highest BCUT2D eigenvalue weighted by Gasteiger charge is 2.18. The molecule has 2 aromatic rings. The van der Waals surface area contributed by atoms with Gasteiger partial charge in [0.25, 0.3) is 0 Å². The smallest absolute Gasteiger partial charge is 0.227 e. The van der Waals surface area contributed by atoms with Crippen molar-refractivity contribution in [1.29, 1.82) is 0 Å². The van der Waals surface area contributed by atoms with Gasteiger partial charge in [0.2, 0.25) is 5.91 Å². The highest BCUT2D eigenvalue weighted by molar-refractivity contribution is 5.93. The molecule has 1 aliphatic rings. The molecule has 0 bridgehead atoms. The van der Waals surface area contributed by atoms with Gasteiger partial charge in [-0.2, -0.15) is 5.10 Å². The molecule has 4 nitrogen and oxygen atoms in total. The van der Waals surface area contributed by atoms with Gasteiger partial charge in [-0.05, 0) is 37.5 Å². The number of benzene rings is 1. The van der Waals surface area contributed by atoms with Crippen molar-refractivity contribution in [1.82, 2.24) is 10.2 Å². The van der Waals surface area contributed by atoms with E-state index in [2.05, 4.69) is 27.7 Å². The van der Waals surface area contributed by atoms with Crippen LogP contribution in [0.25, 0.3) is 11.3 Å². The molecule has 1 atom stereocenters. The van der Waals surface area contributed by atoms with Crippen LogP contribution in [0.4, 0.5) is 5.69 Å². The predicted octanol–water partition coefficient (Wildman–Crippen LogP) is 3.37. The molecule has 1 heterocycles. The van der Waals surface area contributed by atoms with Crippen molar-refractivity contribution in [3.8, 4) is 11.3 Å². The monoisotopic (exact) mass is 267 g/mol. The van der Waals surface area contributed by atoms with Crippen LogP contribution < -0.4 is 5.32 Å². The van der Waals surface area contributed by atoms with Crippen LogP contribution in [0.15, 0.2) is 48.7 Å². The second kappa shape index (κ2) is 5.74. The van der Waals surface area contributed by atoms with Crippen molar-refractivity contribution >= 4 is 11.6 Å². The number of hydrogen-bond donors (Lipinski definition) is 2. The molecule has 1 aliphatic carbocycles. The van der Waals surface area contributed by atoms with Crippen molar-refractivity contribution in [2.45, 2.75) is 19.3 Å². The summed E-state index contributed by atoms with van der Waals surface area (Å²) in [6, 6.07) is 9.71. The largest absolute Gasteiger partial charge is 0.326 e. The minimum absolute atomic E-state index is 0.0933. The number of hydrogen-bond acceptors (Lipinski definition) is 2. The van der Waals surface area contributed by atoms with Crippen molar-refractivity contribution in [2.24, 2.45) is 5.92 Å². The summed E-state index contributed by atoms with van der Waals surface area (Å²) in [7, 11) is 0. The SMILES string of the molecule is O=C(Nc1cccc(-c2ccn[nH]2)c1)C1CC=CCC1. The van der Waals surface area contributed by atoms with Gasteiger partial charge in [-0.25, -0.2) is 0 Å². The molecule has 3 rings (SSSR count). The summed E-state index contributed by atoms with van der Waals surface area (Å²) < 4.78 is 0. The highest BCUT2D eigenvalue weighted by atomic mass is 16.1. The van der Waals surface area contributed by atoms with Crippen LogP contribution in [0, 0.1) is 5.92 Å². The Bertz CT molecular complexity index is 616. The standard InChI is InChI=1S/C16H17N3O/c20-16(12-5-2-1-3-6-12)18-14-8-4-7-13(11-14)15-9-10-17-19-15/h1-2,4,7-12H,3,5-6H2,(H,17,19)(H,18,20). The van der Waals surface area contributed by atoms with Crippen LogP contribution >= 0.6 is 0 Å². The number of nitrogens with zero attached hydrogens (tertiary/aromatic N) is 1. The van der Waals surface area contributed by atoms with Crippen LogP contribution in [-0.4, -0.2) is 16.1 Å². The minimum atomic E-state index is 0.0933. The third-order valence-electron chi connectivity index (χ3n) is 3.58. The lowest BCUT2D eigenvalue weighted by Gasteiger charge is -2.17. The molecule has 0 aliphatic heterocycles. The van der Waals surface area contributed by atoms with E-state index in [1.165, 1.54) is 0 Å². The van der Waals surface area contributed by atoms with E-state index in [0.717, 1.165) is 36.2 Å². The van der Waals surface area contributed by atoms with Crippen molar-refractivity contribution in [3.05, 3.63) is 48.7 Å². The third-order valence-corrected chi connectivity index (χ3v) is 3.58. The van der Waals surface area contributed by atoms with E-state index in [-0.39, 0.29) is 11.8 Å². The van der Waals surface area contributed by atoms with Crippen LogP contribution in [0.2, 0.25) is 0 Å². The van der Waals surface area contributed by atoms with Gasteiger partial charge in [-0.3, -0.25) is 9.89 Å². The zero-order valence-corrected chi connectivity index (χ0v) is 11.2. The van der Waals surface area contributed by atoms with E-state index in [4.69, 9.17) is 0 Å². The number of nitrogens with one attached hydrogen (secondary N) is 2. The molecule has 2 N–H and O–H groups in total. The minimum Gasteiger partial charge on any atom is -0.326 e. The Balaban J connectivity index is 1.73. The molecule has 0 saturated heterocycles. The maximum atomic E-state index is 12.2. The normalized spacial score (nSPS) is 17.9. The Kier molecular flexibility index (Phi) is 3.63. The first-order chi connectivity index (χ1) is 9.83. The first-order valence-corrected chi connectivity index (χ1v) is 6.88. The van der Waals surface area contributed by atoms with Crippen LogP contribution in [0.3, 0.4) is 0 Å². The topological polar surface area (TPSA) is 57.8 Å². The zero-order chi connectivity index (χ0) is 13.8. The number of rotatable bonds is 3. The van der Waals surface area contributed by atoms with E-state index in [9.17, 15) is 4.79 Å². The molecular formula is C16H17N3O. The molecule has 0 spiro atoms. The van der Waals surface area contributed by atoms with E-state index in [0.29, 0.717) is 0 Å². The molecule has 102 valence electrons. The second-order valence-corrected chi connectivity index (χ2v) is 5.02. The fourth-order valence-electron chi connectivity index (χ4n) is 2.46. The van der Waals surface area contributed by atoms with Gasteiger partial charge in [0.05, 0.1) is 5.69 Å². The van der Waals surface area contributed by atoms with Gasteiger partial charge in [0.1, 0.15) is 0 Å². The van der Waals surface area contributed by atoms with E-state index < -0.39 is 0 Å². The van der Waals surface area contributed by atoms with Gasteiger partial charge in [-0.1, -0.05) is 24.3 Å². The lowest BCUT2D eigenvalue weighted by molar-refractivity contribution is -0.120. The first kappa shape index (κ1) is 12.7. The highest BCUT2D eigenvalue weighted by Crippen LogP contribution is 2.23. The van der Waals surface area contributed by atoms with Crippen LogP contribution in [0.5, 0.6) is 0 Å². The van der Waals surface area contributed by atoms with Crippen molar-refractivity contribution in [2.75, 3.05) is 5.32 Å². The average Bonchev–Trinajstić information content (AvgIpc) is 3.03. The lowest BCUT2D eigenvalue weighted by atomic mass is 9.93. The molecule has 1 aromatic heterocycles. The number of aromatic nitrogens is 2. The average molecular weight is 267 g/mol.